The van der Waals surface area contributed by atoms with Crippen LogP contribution in [-0.2, 0) is 33.9 Å². The third-order valence-corrected chi connectivity index (χ3v) is 14.6. The fourth-order valence-corrected chi connectivity index (χ4v) is 9.53. The predicted octanol–water partition coefficient (Wildman–Crippen LogP) is 6.24. The van der Waals surface area contributed by atoms with Gasteiger partial charge in [-0.3, -0.25) is 23.9 Å². The lowest BCUT2D eigenvalue weighted by Crippen LogP contribution is -2.48. The van der Waals surface area contributed by atoms with Crippen LogP contribution in [0.25, 0.3) is 10.8 Å². The minimum absolute atomic E-state index is 0.0120. The van der Waals surface area contributed by atoms with Crippen LogP contribution in [-0.4, -0.2) is 88.9 Å². The van der Waals surface area contributed by atoms with Crippen LogP contribution in [0.2, 0.25) is 0 Å². The van der Waals surface area contributed by atoms with Crippen LogP contribution in [0.3, 0.4) is 0 Å². The molecule has 1 N–H and O–H groups in total. The summed E-state index contributed by atoms with van der Waals surface area (Å²) in [4.78, 5) is 58.0. The van der Waals surface area contributed by atoms with Gasteiger partial charge in [0.2, 0.25) is 39.2 Å². The number of amides is 2. The van der Waals surface area contributed by atoms with Crippen molar-refractivity contribution in [1.82, 2.24) is 19.8 Å². The number of carbonyl (C=O) groups is 4. The number of ketones is 1. The molecule has 4 aliphatic rings. The molecule has 0 spiro atoms. The number of alkyl halides is 3. The molecule has 3 heterocycles. The minimum atomic E-state index is -4.87. The van der Waals surface area contributed by atoms with Crippen molar-refractivity contribution in [3.05, 3.63) is 36.4 Å². The number of benzene rings is 1. The number of Topliss-reactive ketones (excluding diaryl/α,β-unsaturated/α-hetero) is 1. The van der Waals surface area contributed by atoms with E-state index in [9.17, 15) is 40.8 Å². The number of esters is 1. The van der Waals surface area contributed by atoms with E-state index in [0.717, 1.165) is 13.8 Å². The lowest BCUT2D eigenvalue weighted by molar-refractivity contribution is -0.257. The summed E-state index contributed by atoms with van der Waals surface area (Å²) in [5.74, 6) is -4.85. The summed E-state index contributed by atoms with van der Waals surface area (Å²) in [6, 6.07) is 5.93. The number of fused-ring (bicyclic) bond motifs is 3. The standard InChI is InChI=1S/C41H53F3N4O9S/c1-7-55-34-28-14-10-11-15-29(28)35(46-45-34)56-27-19-31-32(49)22-40(37(52)47-58(53,54)39(6)16-17-39)21-26(40)13-9-8-12-24(2)18-25(3)30(36(51)48(31)23-27)20-33(50)57-38(4,5)41(42,43)44/h9-11,13-15,24-27,30-31H,7-8,12,16-23H2,1-6H3,(H,47,52)/b13-9-/t24-,25+,26+,27+,30-,31-,40+/m0/s1. The zero-order chi connectivity index (χ0) is 42.4. The van der Waals surface area contributed by atoms with Crippen molar-refractivity contribution >= 4 is 44.4 Å². The Labute approximate surface area is 336 Å². The topological polar surface area (TPSA) is 171 Å². The Kier molecular flexibility index (Phi) is 12.0. The Balaban J connectivity index is 1.36. The third kappa shape index (κ3) is 8.83. The van der Waals surface area contributed by atoms with Gasteiger partial charge in [0.05, 0.1) is 52.5 Å². The molecule has 2 aromatic rings. The first kappa shape index (κ1) is 43.3. The molecule has 2 aliphatic carbocycles. The second-order valence-electron chi connectivity index (χ2n) is 17.4. The molecule has 6 rings (SSSR count). The molecule has 2 aliphatic heterocycles. The molecule has 7 atom stereocenters. The highest BCUT2D eigenvalue weighted by Crippen LogP contribution is 2.58. The van der Waals surface area contributed by atoms with E-state index in [4.69, 9.17) is 14.2 Å². The van der Waals surface area contributed by atoms with Gasteiger partial charge in [-0.05, 0) is 96.1 Å². The van der Waals surface area contributed by atoms with Crippen molar-refractivity contribution in [1.29, 1.82) is 0 Å². The van der Waals surface area contributed by atoms with Gasteiger partial charge in [0.15, 0.2) is 5.78 Å². The van der Waals surface area contributed by atoms with Crippen molar-refractivity contribution < 1.29 is 55.0 Å². The molecule has 13 nitrogen and oxygen atoms in total. The summed E-state index contributed by atoms with van der Waals surface area (Å²) in [5, 5.41) is 9.62. The quantitative estimate of drug-likeness (QED) is 0.212. The largest absolute Gasteiger partial charge is 0.476 e. The van der Waals surface area contributed by atoms with E-state index in [0.29, 0.717) is 49.5 Å². The maximum atomic E-state index is 14.8. The SMILES string of the molecule is CCOc1nnc(O[C@@H]2C[C@H]3C(=O)C[C@]4(C(=O)NS(=O)(=O)C5(C)CC5)C[C@H]4/C=C\CC[C@H](C)C[C@@H](C)[C@H](CC(=O)OC(C)(C)C(F)(F)F)C(=O)N3C2)c2ccccc12. The molecule has 0 unspecified atom stereocenters. The monoisotopic (exact) mass is 834 g/mol. The number of carbonyl (C=O) groups excluding carboxylic acids is 4. The summed E-state index contributed by atoms with van der Waals surface area (Å²) in [5.41, 5.74) is -4.20. The Morgan fingerprint density at radius 1 is 1.03 bits per heavy atom. The smallest absolute Gasteiger partial charge is 0.427 e. The van der Waals surface area contributed by atoms with Crippen molar-refractivity contribution in [2.24, 2.45) is 29.1 Å². The fourth-order valence-electron chi connectivity index (χ4n) is 8.19. The minimum Gasteiger partial charge on any atom is -0.476 e. The maximum Gasteiger partial charge on any atom is 0.427 e. The molecular weight excluding hydrogens is 782 g/mol. The zero-order valence-electron chi connectivity index (χ0n) is 33.8. The molecule has 0 bridgehead atoms. The number of rotatable bonds is 10. The Bertz CT molecular complexity index is 2070. The van der Waals surface area contributed by atoms with E-state index < -0.39 is 91.8 Å². The predicted molar refractivity (Wildman–Crippen MR) is 206 cm³/mol. The van der Waals surface area contributed by atoms with Gasteiger partial charge in [-0.2, -0.15) is 13.2 Å². The van der Waals surface area contributed by atoms with Gasteiger partial charge in [-0.15, -0.1) is 10.2 Å². The van der Waals surface area contributed by atoms with Crippen LogP contribution in [0, 0.1) is 29.1 Å². The molecule has 318 valence electrons. The fraction of sp³-hybridized carbons (Fsp3) is 0.659. The van der Waals surface area contributed by atoms with Crippen LogP contribution in [0.1, 0.15) is 99.3 Å². The van der Waals surface area contributed by atoms with E-state index in [1.807, 2.05) is 19.1 Å². The Morgan fingerprint density at radius 3 is 2.33 bits per heavy atom. The molecule has 1 aromatic carbocycles. The summed E-state index contributed by atoms with van der Waals surface area (Å²) in [6.45, 7) is 8.75. The molecule has 2 amide bonds. The van der Waals surface area contributed by atoms with Gasteiger partial charge in [-0.1, -0.05) is 38.1 Å². The van der Waals surface area contributed by atoms with Crippen molar-refractivity contribution in [3.8, 4) is 11.8 Å². The number of ether oxygens (including phenoxy) is 3. The molecule has 58 heavy (non-hydrogen) atoms. The van der Waals surface area contributed by atoms with Gasteiger partial charge in [-0.25, -0.2) is 8.42 Å². The van der Waals surface area contributed by atoms with Gasteiger partial charge < -0.3 is 19.1 Å². The van der Waals surface area contributed by atoms with Crippen LogP contribution >= 0.6 is 0 Å². The highest BCUT2D eigenvalue weighted by molar-refractivity contribution is 7.91. The van der Waals surface area contributed by atoms with E-state index in [-0.39, 0.29) is 43.5 Å². The van der Waals surface area contributed by atoms with Crippen LogP contribution in [0.4, 0.5) is 13.2 Å². The summed E-state index contributed by atoms with van der Waals surface area (Å²) < 4.78 is 85.9. The molecule has 17 heteroatoms. The normalized spacial score (nSPS) is 29.6. The number of hydrogen-bond acceptors (Lipinski definition) is 11. The van der Waals surface area contributed by atoms with Gasteiger partial charge in [0.1, 0.15) is 6.10 Å². The van der Waals surface area contributed by atoms with Crippen molar-refractivity contribution in [2.45, 2.75) is 128 Å². The van der Waals surface area contributed by atoms with Crippen LogP contribution in [0.5, 0.6) is 11.8 Å². The summed E-state index contributed by atoms with van der Waals surface area (Å²) in [6.07, 6.45) is -0.343. The van der Waals surface area contributed by atoms with Crippen molar-refractivity contribution in [3.63, 3.8) is 0 Å². The average molecular weight is 835 g/mol. The summed E-state index contributed by atoms with van der Waals surface area (Å²) >= 11 is 0. The number of nitrogens with one attached hydrogen (secondary N) is 1. The van der Waals surface area contributed by atoms with Crippen molar-refractivity contribution in [2.75, 3.05) is 13.2 Å². The van der Waals surface area contributed by atoms with Crippen LogP contribution in [0.15, 0.2) is 36.4 Å². The Hall–Kier alpha value is -4.28. The molecular formula is C41H53F3N4O9S. The Morgan fingerprint density at radius 2 is 1.69 bits per heavy atom. The second kappa shape index (κ2) is 16.1. The van der Waals surface area contributed by atoms with Crippen LogP contribution < -0.4 is 14.2 Å². The molecule has 0 radical (unpaired) electrons. The third-order valence-electron chi connectivity index (χ3n) is 12.4. The summed E-state index contributed by atoms with van der Waals surface area (Å²) in [7, 11) is -4.03. The number of allylic oxidation sites excluding steroid dienone is 2. The highest BCUT2D eigenvalue weighted by Gasteiger charge is 2.63. The number of hydrogen-bond donors (Lipinski definition) is 1. The zero-order valence-corrected chi connectivity index (χ0v) is 34.6. The number of nitrogens with zero attached hydrogens (tertiary/aromatic N) is 3. The first-order valence-corrected chi connectivity index (χ1v) is 21.5. The molecule has 2 saturated carbocycles. The number of aromatic nitrogens is 2. The first-order chi connectivity index (χ1) is 27.1. The second-order valence-corrected chi connectivity index (χ2v) is 19.6. The van der Waals surface area contributed by atoms with Gasteiger partial charge in [0.25, 0.3) is 0 Å². The van der Waals surface area contributed by atoms with E-state index in [1.165, 1.54) is 4.90 Å². The number of sulfonamides is 1. The van der Waals surface area contributed by atoms with E-state index in [2.05, 4.69) is 14.9 Å². The molecule has 1 aromatic heterocycles. The van der Waals surface area contributed by atoms with Gasteiger partial charge in [0, 0.05) is 12.8 Å². The average Bonchev–Trinajstić information content (AvgIpc) is 4.02. The molecule has 3 fully saturated rings. The highest BCUT2D eigenvalue weighted by atomic mass is 32.2. The van der Waals surface area contributed by atoms with E-state index in [1.54, 1.807) is 45.0 Å². The van der Waals surface area contributed by atoms with E-state index >= 15 is 0 Å². The maximum absolute atomic E-state index is 14.8. The number of halogens is 3. The lowest BCUT2D eigenvalue weighted by Gasteiger charge is -2.33. The molecule has 1 saturated heterocycles. The van der Waals surface area contributed by atoms with Gasteiger partial charge >= 0.3 is 12.1 Å². The first-order valence-electron chi connectivity index (χ1n) is 20.0. The lowest BCUT2D eigenvalue weighted by atomic mass is 9.82.